The minimum absolute atomic E-state index is 0.419. The summed E-state index contributed by atoms with van der Waals surface area (Å²) in [5.41, 5.74) is 0.534. The van der Waals surface area contributed by atoms with Crippen LogP contribution in [0.5, 0.6) is 0 Å². The SMILES string of the molecule is c1coc(-c2nnoc2N2CCOCC2)n1. The van der Waals surface area contributed by atoms with Crippen LogP contribution >= 0.6 is 0 Å². The van der Waals surface area contributed by atoms with Gasteiger partial charge in [-0.05, 0) is 0 Å². The quantitative estimate of drug-likeness (QED) is 0.734. The van der Waals surface area contributed by atoms with Crippen molar-refractivity contribution in [3.8, 4) is 11.6 Å². The predicted octanol–water partition coefficient (Wildman–Crippen LogP) is 0.561. The Bertz CT molecular complexity index is 447. The number of ether oxygens (including phenoxy) is 1. The molecule has 0 aromatic carbocycles. The van der Waals surface area contributed by atoms with E-state index in [1.807, 2.05) is 4.90 Å². The first kappa shape index (κ1) is 9.34. The zero-order valence-corrected chi connectivity index (χ0v) is 8.50. The van der Waals surface area contributed by atoms with Gasteiger partial charge in [0.15, 0.2) is 0 Å². The summed E-state index contributed by atoms with van der Waals surface area (Å²) in [5.74, 6) is 1.01. The number of nitrogens with zero attached hydrogens (tertiary/aromatic N) is 4. The molecule has 3 rings (SSSR count). The summed E-state index contributed by atoms with van der Waals surface area (Å²) in [6.45, 7) is 2.85. The Morgan fingerprint density at radius 2 is 2.12 bits per heavy atom. The molecule has 2 aromatic heterocycles. The Hall–Kier alpha value is -1.89. The normalized spacial score (nSPS) is 16.6. The van der Waals surface area contributed by atoms with Crippen LogP contribution in [0.3, 0.4) is 0 Å². The second-order valence-electron chi connectivity index (χ2n) is 3.36. The van der Waals surface area contributed by atoms with Crippen LogP contribution in [0.15, 0.2) is 21.4 Å². The van der Waals surface area contributed by atoms with E-state index in [-0.39, 0.29) is 0 Å². The molecule has 7 nitrogen and oxygen atoms in total. The largest absolute Gasteiger partial charge is 0.443 e. The summed E-state index contributed by atoms with van der Waals surface area (Å²) in [5, 5.41) is 7.42. The maximum Gasteiger partial charge on any atom is 0.261 e. The summed E-state index contributed by atoms with van der Waals surface area (Å²) in [7, 11) is 0. The second kappa shape index (κ2) is 3.93. The Kier molecular flexibility index (Phi) is 2.30. The highest BCUT2D eigenvalue weighted by molar-refractivity contribution is 5.63. The topological polar surface area (TPSA) is 77.4 Å². The lowest BCUT2D eigenvalue weighted by Gasteiger charge is -2.25. The van der Waals surface area contributed by atoms with Crippen LogP contribution in [0.2, 0.25) is 0 Å². The molecule has 0 aliphatic carbocycles. The molecule has 0 N–H and O–H groups in total. The van der Waals surface area contributed by atoms with Crippen molar-refractivity contribution in [3.05, 3.63) is 12.5 Å². The van der Waals surface area contributed by atoms with Gasteiger partial charge in [0.2, 0.25) is 5.69 Å². The smallest absolute Gasteiger partial charge is 0.261 e. The van der Waals surface area contributed by atoms with E-state index in [0.29, 0.717) is 30.7 Å². The van der Waals surface area contributed by atoms with Crippen LogP contribution in [0.1, 0.15) is 0 Å². The standard InChI is InChI=1S/C9H10N4O3/c1-4-15-8(10-1)7-9(16-12-11-7)13-2-5-14-6-3-13/h1,4H,2-3,5-6H2. The van der Waals surface area contributed by atoms with Gasteiger partial charge in [-0.3, -0.25) is 0 Å². The van der Waals surface area contributed by atoms with E-state index in [0.717, 1.165) is 13.1 Å². The number of oxazole rings is 1. The Morgan fingerprint density at radius 1 is 1.25 bits per heavy atom. The summed E-state index contributed by atoms with van der Waals surface area (Å²) < 4.78 is 15.6. The van der Waals surface area contributed by atoms with Crippen molar-refractivity contribution >= 4 is 5.88 Å². The second-order valence-corrected chi connectivity index (χ2v) is 3.36. The zero-order valence-electron chi connectivity index (χ0n) is 8.50. The van der Waals surface area contributed by atoms with Gasteiger partial charge in [0.05, 0.1) is 19.4 Å². The van der Waals surface area contributed by atoms with Gasteiger partial charge in [-0.15, -0.1) is 5.10 Å². The molecule has 0 bridgehead atoms. The lowest BCUT2D eigenvalue weighted by Crippen LogP contribution is -2.36. The van der Waals surface area contributed by atoms with Crippen LogP contribution in [-0.4, -0.2) is 41.7 Å². The van der Waals surface area contributed by atoms with E-state index >= 15 is 0 Å². The van der Waals surface area contributed by atoms with Crippen LogP contribution in [0.25, 0.3) is 11.6 Å². The molecule has 1 aliphatic heterocycles. The third kappa shape index (κ3) is 1.54. The van der Waals surface area contributed by atoms with Gasteiger partial charge >= 0.3 is 0 Å². The van der Waals surface area contributed by atoms with Gasteiger partial charge in [-0.1, -0.05) is 0 Å². The van der Waals surface area contributed by atoms with Crippen LogP contribution in [0, 0.1) is 0 Å². The fourth-order valence-electron chi connectivity index (χ4n) is 1.63. The number of hydrogen-bond acceptors (Lipinski definition) is 7. The van der Waals surface area contributed by atoms with Gasteiger partial charge < -0.3 is 18.6 Å². The minimum Gasteiger partial charge on any atom is -0.443 e. The molecule has 0 radical (unpaired) electrons. The first-order valence-corrected chi connectivity index (χ1v) is 5.00. The molecular weight excluding hydrogens is 212 g/mol. The number of morpholine rings is 1. The van der Waals surface area contributed by atoms with Crippen molar-refractivity contribution in [1.29, 1.82) is 0 Å². The van der Waals surface area contributed by atoms with Gasteiger partial charge in [0.1, 0.15) is 6.26 Å². The van der Waals surface area contributed by atoms with E-state index in [1.165, 1.54) is 6.26 Å². The van der Waals surface area contributed by atoms with E-state index in [1.54, 1.807) is 6.20 Å². The molecule has 0 amide bonds. The highest BCUT2D eigenvalue weighted by Crippen LogP contribution is 2.27. The number of rotatable bonds is 2. The first-order chi connectivity index (χ1) is 7.95. The van der Waals surface area contributed by atoms with E-state index in [2.05, 4.69) is 15.4 Å². The van der Waals surface area contributed by atoms with Crippen molar-refractivity contribution < 1.29 is 13.7 Å². The Balaban J connectivity index is 1.92. The average Bonchev–Trinajstić information content (AvgIpc) is 3.01. The lowest BCUT2D eigenvalue weighted by atomic mass is 10.3. The van der Waals surface area contributed by atoms with Crippen LogP contribution < -0.4 is 4.90 Å². The summed E-state index contributed by atoms with van der Waals surface area (Å²) in [4.78, 5) is 6.04. The van der Waals surface area contributed by atoms with Gasteiger partial charge in [0.25, 0.3) is 11.8 Å². The predicted molar refractivity (Wildman–Crippen MR) is 52.8 cm³/mol. The summed E-state index contributed by atoms with van der Waals surface area (Å²) in [6, 6.07) is 0. The first-order valence-electron chi connectivity index (χ1n) is 5.00. The van der Waals surface area contributed by atoms with E-state index in [4.69, 9.17) is 13.7 Å². The third-order valence-corrected chi connectivity index (χ3v) is 2.40. The Morgan fingerprint density at radius 3 is 2.88 bits per heavy atom. The summed E-state index contributed by atoms with van der Waals surface area (Å²) in [6.07, 6.45) is 3.06. The average molecular weight is 222 g/mol. The van der Waals surface area contributed by atoms with Crippen LogP contribution in [0.4, 0.5) is 5.88 Å². The van der Waals surface area contributed by atoms with Crippen molar-refractivity contribution in [2.45, 2.75) is 0 Å². The maximum atomic E-state index is 5.27. The van der Waals surface area contributed by atoms with E-state index in [9.17, 15) is 0 Å². The van der Waals surface area contributed by atoms with Crippen molar-refractivity contribution in [1.82, 2.24) is 15.4 Å². The van der Waals surface area contributed by atoms with Gasteiger partial charge in [0, 0.05) is 18.4 Å². The van der Waals surface area contributed by atoms with Gasteiger partial charge in [-0.2, -0.15) is 0 Å². The molecule has 0 unspecified atom stereocenters. The molecule has 0 spiro atoms. The number of hydrogen-bond donors (Lipinski definition) is 0. The molecular formula is C9H10N4O3. The van der Waals surface area contributed by atoms with Crippen molar-refractivity contribution in [2.24, 2.45) is 0 Å². The molecule has 7 heteroatoms. The molecule has 16 heavy (non-hydrogen) atoms. The Labute approximate surface area is 91.0 Å². The molecule has 0 saturated carbocycles. The number of aromatic nitrogens is 3. The lowest BCUT2D eigenvalue weighted by molar-refractivity contribution is 0.120. The van der Waals surface area contributed by atoms with E-state index < -0.39 is 0 Å². The molecule has 0 atom stereocenters. The minimum atomic E-state index is 0.419. The summed E-state index contributed by atoms with van der Waals surface area (Å²) >= 11 is 0. The van der Waals surface area contributed by atoms with Crippen molar-refractivity contribution in [3.63, 3.8) is 0 Å². The fraction of sp³-hybridized carbons (Fsp3) is 0.444. The molecule has 1 saturated heterocycles. The zero-order chi connectivity index (χ0) is 10.8. The maximum absolute atomic E-state index is 5.27. The number of anilines is 1. The highest BCUT2D eigenvalue weighted by Gasteiger charge is 2.23. The monoisotopic (exact) mass is 222 g/mol. The van der Waals surface area contributed by atoms with Gasteiger partial charge in [-0.25, -0.2) is 4.98 Å². The third-order valence-electron chi connectivity index (χ3n) is 2.40. The molecule has 1 aliphatic rings. The highest BCUT2D eigenvalue weighted by atomic mass is 16.5. The molecule has 1 fully saturated rings. The van der Waals surface area contributed by atoms with Crippen molar-refractivity contribution in [2.75, 3.05) is 31.2 Å². The fourth-order valence-corrected chi connectivity index (χ4v) is 1.63. The molecule has 84 valence electrons. The molecule has 3 heterocycles. The van der Waals surface area contributed by atoms with Crippen LogP contribution in [-0.2, 0) is 4.74 Å². The molecule has 2 aromatic rings.